The summed E-state index contributed by atoms with van der Waals surface area (Å²) in [4.78, 5) is 6.01. The normalized spacial score (nSPS) is 31.0. The van der Waals surface area contributed by atoms with Gasteiger partial charge in [-0.25, -0.2) is 0 Å². The molecule has 2 rings (SSSR count). The Morgan fingerprint density at radius 2 is 2.75 bits per heavy atom. The second-order valence-corrected chi connectivity index (χ2v) is 1.80. The molecule has 3 nitrogen and oxygen atoms in total. The van der Waals surface area contributed by atoms with E-state index in [2.05, 4.69) is 4.99 Å². The van der Waals surface area contributed by atoms with Gasteiger partial charge < -0.3 is 9.64 Å². The predicted octanol–water partition coefficient (Wildman–Crippen LogP) is 0.158. The summed E-state index contributed by atoms with van der Waals surface area (Å²) in [5.41, 5.74) is 0. The summed E-state index contributed by atoms with van der Waals surface area (Å²) in [5, 5.41) is 0. The van der Waals surface area contributed by atoms with Gasteiger partial charge in [-0.1, -0.05) is 0 Å². The average molecular weight is 110 g/mol. The molecule has 8 heavy (non-hydrogen) atoms. The maximum Gasteiger partial charge on any atom is 0.208 e. The Hall–Kier alpha value is -0.990. The summed E-state index contributed by atoms with van der Waals surface area (Å²) in [6.07, 6.45) is 5.50. The van der Waals surface area contributed by atoms with Gasteiger partial charge in [0.25, 0.3) is 0 Å². The van der Waals surface area contributed by atoms with Crippen molar-refractivity contribution in [3.05, 3.63) is 12.5 Å². The van der Waals surface area contributed by atoms with Crippen molar-refractivity contribution >= 4 is 6.21 Å². The fourth-order valence-corrected chi connectivity index (χ4v) is 0.837. The molecule has 0 amide bonds. The fraction of sp³-hybridized carbons (Fsp3) is 0.400. The lowest BCUT2D eigenvalue weighted by molar-refractivity contribution is 0.136. The molecular formula is C5H6N2O. The first-order valence-corrected chi connectivity index (χ1v) is 2.55. The van der Waals surface area contributed by atoms with Crippen molar-refractivity contribution in [1.82, 2.24) is 4.90 Å². The van der Waals surface area contributed by atoms with Crippen LogP contribution in [0.15, 0.2) is 17.5 Å². The zero-order valence-corrected chi connectivity index (χ0v) is 4.32. The Bertz CT molecular complexity index is 135. The molecule has 0 aromatic carbocycles. The summed E-state index contributed by atoms with van der Waals surface area (Å²) < 4.78 is 5.07. The minimum Gasteiger partial charge on any atom is -0.471 e. The summed E-state index contributed by atoms with van der Waals surface area (Å²) in [6, 6.07) is 0. The van der Waals surface area contributed by atoms with Crippen molar-refractivity contribution in [2.45, 2.75) is 6.23 Å². The maximum atomic E-state index is 5.07. The number of aliphatic imine (C=N–C) groups is 1. The molecule has 0 aliphatic carbocycles. The van der Waals surface area contributed by atoms with E-state index in [1.165, 1.54) is 0 Å². The van der Waals surface area contributed by atoms with E-state index >= 15 is 0 Å². The third kappa shape index (κ3) is 0.358. The lowest BCUT2D eigenvalue weighted by Gasteiger charge is -2.10. The van der Waals surface area contributed by atoms with Gasteiger partial charge in [-0.3, -0.25) is 4.99 Å². The molecule has 2 aliphatic heterocycles. The molecule has 0 aromatic heterocycles. The largest absolute Gasteiger partial charge is 0.471 e. The van der Waals surface area contributed by atoms with Crippen LogP contribution in [-0.2, 0) is 4.74 Å². The highest BCUT2D eigenvalue weighted by Crippen LogP contribution is 2.12. The van der Waals surface area contributed by atoms with E-state index < -0.39 is 0 Å². The van der Waals surface area contributed by atoms with Gasteiger partial charge in [-0.2, -0.15) is 0 Å². The number of fused-ring (bicyclic) bond motifs is 1. The monoisotopic (exact) mass is 110 g/mol. The molecule has 0 saturated carbocycles. The first-order valence-electron chi connectivity index (χ1n) is 2.55. The highest BCUT2D eigenvalue weighted by molar-refractivity contribution is 5.65. The number of hydrogen-bond acceptors (Lipinski definition) is 3. The fourth-order valence-electron chi connectivity index (χ4n) is 0.837. The standard InChI is InChI=1S/C5H6N2O/c1-2-8-5-3-6-4-7(1)5/h1-3,5H,4H2. The lowest BCUT2D eigenvalue weighted by Crippen LogP contribution is -2.22. The molecule has 0 spiro atoms. The van der Waals surface area contributed by atoms with Crippen LogP contribution in [0.3, 0.4) is 0 Å². The second kappa shape index (κ2) is 1.24. The summed E-state index contributed by atoms with van der Waals surface area (Å²) >= 11 is 0. The van der Waals surface area contributed by atoms with Crippen molar-refractivity contribution in [3.63, 3.8) is 0 Å². The maximum absolute atomic E-state index is 5.07. The Labute approximate surface area is 47.3 Å². The van der Waals surface area contributed by atoms with E-state index in [1.807, 2.05) is 11.1 Å². The topological polar surface area (TPSA) is 24.8 Å². The van der Waals surface area contributed by atoms with Gasteiger partial charge >= 0.3 is 0 Å². The van der Waals surface area contributed by atoms with E-state index in [0.717, 1.165) is 6.67 Å². The van der Waals surface area contributed by atoms with Crippen molar-refractivity contribution < 1.29 is 4.74 Å². The molecule has 1 unspecified atom stereocenters. The molecule has 2 aliphatic rings. The van der Waals surface area contributed by atoms with Gasteiger partial charge in [-0.05, 0) is 0 Å². The number of nitrogens with zero attached hydrogens (tertiary/aromatic N) is 2. The summed E-state index contributed by atoms with van der Waals surface area (Å²) in [5.74, 6) is 0. The molecule has 42 valence electrons. The lowest BCUT2D eigenvalue weighted by atomic mass is 10.6. The minimum atomic E-state index is 0.106. The molecule has 3 heteroatoms. The van der Waals surface area contributed by atoms with Gasteiger partial charge in [0.2, 0.25) is 6.23 Å². The predicted molar refractivity (Wildman–Crippen MR) is 29.2 cm³/mol. The minimum absolute atomic E-state index is 0.106. The zero-order chi connectivity index (χ0) is 5.40. The Morgan fingerprint density at radius 3 is 3.62 bits per heavy atom. The first kappa shape index (κ1) is 3.95. The van der Waals surface area contributed by atoms with Crippen LogP contribution in [0.4, 0.5) is 0 Å². The first-order chi connectivity index (χ1) is 3.97. The van der Waals surface area contributed by atoms with Crippen molar-refractivity contribution in [2.75, 3.05) is 6.67 Å². The molecule has 0 aromatic rings. The Balaban J connectivity index is 2.20. The third-order valence-corrected chi connectivity index (χ3v) is 1.28. The molecule has 0 fully saturated rings. The van der Waals surface area contributed by atoms with Crippen LogP contribution >= 0.6 is 0 Å². The summed E-state index contributed by atoms with van der Waals surface area (Å²) in [7, 11) is 0. The molecule has 0 radical (unpaired) electrons. The highest BCUT2D eigenvalue weighted by Gasteiger charge is 2.21. The number of hydrogen-bond donors (Lipinski definition) is 0. The van der Waals surface area contributed by atoms with E-state index in [9.17, 15) is 0 Å². The third-order valence-electron chi connectivity index (χ3n) is 1.28. The van der Waals surface area contributed by atoms with Gasteiger partial charge in [-0.15, -0.1) is 0 Å². The zero-order valence-electron chi connectivity index (χ0n) is 4.32. The Kier molecular flexibility index (Phi) is 0.614. The van der Waals surface area contributed by atoms with E-state index in [1.54, 1.807) is 12.5 Å². The van der Waals surface area contributed by atoms with Gasteiger partial charge in [0.05, 0.1) is 6.21 Å². The van der Waals surface area contributed by atoms with Crippen molar-refractivity contribution in [2.24, 2.45) is 4.99 Å². The van der Waals surface area contributed by atoms with Crippen molar-refractivity contribution in [1.29, 1.82) is 0 Å². The van der Waals surface area contributed by atoms with Crippen LogP contribution < -0.4 is 0 Å². The van der Waals surface area contributed by atoms with Gasteiger partial charge in [0.15, 0.2) is 0 Å². The van der Waals surface area contributed by atoms with E-state index in [4.69, 9.17) is 4.74 Å². The van der Waals surface area contributed by atoms with Crippen LogP contribution in [0.1, 0.15) is 0 Å². The second-order valence-electron chi connectivity index (χ2n) is 1.80. The van der Waals surface area contributed by atoms with Crippen LogP contribution in [0.25, 0.3) is 0 Å². The van der Waals surface area contributed by atoms with Gasteiger partial charge in [0, 0.05) is 6.20 Å². The molecule has 0 N–H and O–H groups in total. The number of ether oxygens (including phenoxy) is 1. The highest BCUT2D eigenvalue weighted by atomic mass is 16.5. The van der Waals surface area contributed by atoms with Crippen molar-refractivity contribution in [3.8, 4) is 0 Å². The van der Waals surface area contributed by atoms with Crippen LogP contribution in [-0.4, -0.2) is 24.0 Å². The SMILES string of the molecule is C1=CN2CN=CC2O1. The Morgan fingerprint density at radius 1 is 1.75 bits per heavy atom. The quantitative estimate of drug-likeness (QED) is 0.443. The smallest absolute Gasteiger partial charge is 0.208 e. The van der Waals surface area contributed by atoms with Crippen LogP contribution in [0.5, 0.6) is 0 Å². The number of rotatable bonds is 0. The van der Waals surface area contributed by atoms with E-state index in [0.29, 0.717) is 0 Å². The average Bonchev–Trinajstić information content (AvgIpc) is 2.15. The molecule has 0 bridgehead atoms. The molecular weight excluding hydrogens is 104 g/mol. The summed E-state index contributed by atoms with van der Waals surface area (Å²) in [6.45, 7) is 0.751. The van der Waals surface area contributed by atoms with E-state index in [-0.39, 0.29) is 6.23 Å². The van der Waals surface area contributed by atoms with Crippen LogP contribution in [0.2, 0.25) is 0 Å². The van der Waals surface area contributed by atoms with Gasteiger partial charge in [0.1, 0.15) is 12.9 Å². The molecule has 1 atom stereocenters. The molecule has 0 saturated heterocycles. The van der Waals surface area contributed by atoms with Crippen LogP contribution in [0, 0.1) is 0 Å². The molecule has 2 heterocycles.